The Morgan fingerprint density at radius 1 is 1.47 bits per heavy atom. The smallest absolute Gasteiger partial charge is 0.227 e. The Bertz CT molecular complexity index is 510. The van der Waals surface area contributed by atoms with Gasteiger partial charge in [0.1, 0.15) is 0 Å². The zero-order valence-corrected chi connectivity index (χ0v) is 11.7. The standard InChI is InChI=1S/C12H18N4O2S/c1-11(8-13)19(17,18)16-7-3-6-15-10-12-4-2-5-14-9-12/h2,4-5,9,11,15-16H,3,6-7,10H2,1H3. The van der Waals surface area contributed by atoms with E-state index in [0.29, 0.717) is 26.1 Å². The largest absolute Gasteiger partial charge is 0.313 e. The molecule has 1 rings (SSSR count). The first-order chi connectivity index (χ1) is 9.06. The summed E-state index contributed by atoms with van der Waals surface area (Å²) in [6, 6.07) is 5.54. The monoisotopic (exact) mass is 282 g/mol. The molecule has 0 aliphatic carbocycles. The van der Waals surface area contributed by atoms with Crippen LogP contribution in [0, 0.1) is 11.3 Å². The van der Waals surface area contributed by atoms with Crippen LogP contribution in [0.1, 0.15) is 18.9 Å². The summed E-state index contributed by atoms with van der Waals surface area (Å²) in [6.07, 6.45) is 4.16. The molecule has 2 N–H and O–H groups in total. The predicted octanol–water partition coefficient (Wildman–Crippen LogP) is 0.393. The van der Waals surface area contributed by atoms with E-state index in [9.17, 15) is 8.42 Å². The molecular formula is C12H18N4O2S. The van der Waals surface area contributed by atoms with Gasteiger partial charge in [0, 0.05) is 25.5 Å². The van der Waals surface area contributed by atoms with E-state index in [-0.39, 0.29) is 0 Å². The molecule has 0 fully saturated rings. The fourth-order valence-electron chi connectivity index (χ4n) is 1.36. The van der Waals surface area contributed by atoms with E-state index in [2.05, 4.69) is 15.0 Å². The quantitative estimate of drug-likeness (QED) is 0.673. The van der Waals surface area contributed by atoms with Crippen molar-refractivity contribution in [1.29, 1.82) is 5.26 Å². The second kappa shape index (κ2) is 7.84. The summed E-state index contributed by atoms with van der Waals surface area (Å²) >= 11 is 0. The lowest BCUT2D eigenvalue weighted by Crippen LogP contribution is -2.33. The van der Waals surface area contributed by atoms with Gasteiger partial charge >= 0.3 is 0 Å². The molecule has 0 bridgehead atoms. The maximum absolute atomic E-state index is 11.5. The van der Waals surface area contributed by atoms with Crippen LogP contribution < -0.4 is 10.0 Å². The molecule has 7 heteroatoms. The third-order valence-corrected chi connectivity index (χ3v) is 4.18. The van der Waals surface area contributed by atoms with Gasteiger partial charge in [0.25, 0.3) is 0 Å². The summed E-state index contributed by atoms with van der Waals surface area (Å²) in [5.41, 5.74) is 1.08. The molecule has 1 aromatic heterocycles. The first-order valence-electron chi connectivity index (χ1n) is 6.04. The van der Waals surface area contributed by atoms with Gasteiger partial charge in [-0.25, -0.2) is 13.1 Å². The zero-order valence-electron chi connectivity index (χ0n) is 10.8. The lowest BCUT2D eigenvalue weighted by atomic mass is 10.3. The molecule has 0 amide bonds. The van der Waals surface area contributed by atoms with Crippen molar-refractivity contribution in [2.45, 2.75) is 25.1 Å². The maximum Gasteiger partial charge on any atom is 0.227 e. The molecule has 0 saturated carbocycles. The normalized spacial score (nSPS) is 12.8. The number of rotatable bonds is 8. The second-order valence-electron chi connectivity index (χ2n) is 4.10. The molecule has 104 valence electrons. The molecule has 0 spiro atoms. The molecule has 0 aromatic carbocycles. The van der Waals surface area contributed by atoms with E-state index in [1.54, 1.807) is 18.5 Å². The van der Waals surface area contributed by atoms with Crippen LogP contribution in [0.15, 0.2) is 24.5 Å². The predicted molar refractivity (Wildman–Crippen MR) is 72.6 cm³/mol. The molecule has 1 heterocycles. The van der Waals surface area contributed by atoms with Crippen LogP contribution in [-0.4, -0.2) is 31.7 Å². The van der Waals surface area contributed by atoms with E-state index in [0.717, 1.165) is 5.56 Å². The maximum atomic E-state index is 11.5. The van der Waals surface area contributed by atoms with Crippen molar-refractivity contribution in [2.24, 2.45) is 0 Å². The highest BCUT2D eigenvalue weighted by atomic mass is 32.2. The number of nitriles is 1. The first kappa shape index (κ1) is 15.6. The van der Waals surface area contributed by atoms with Crippen molar-refractivity contribution < 1.29 is 8.42 Å². The Balaban J connectivity index is 2.14. The van der Waals surface area contributed by atoms with E-state index >= 15 is 0 Å². The number of sulfonamides is 1. The van der Waals surface area contributed by atoms with Gasteiger partial charge < -0.3 is 5.32 Å². The molecule has 1 atom stereocenters. The van der Waals surface area contributed by atoms with Crippen molar-refractivity contribution in [3.05, 3.63) is 30.1 Å². The van der Waals surface area contributed by atoms with Crippen molar-refractivity contribution in [1.82, 2.24) is 15.0 Å². The summed E-state index contributed by atoms with van der Waals surface area (Å²) in [5, 5.41) is 10.7. The minimum atomic E-state index is -3.50. The molecule has 1 unspecified atom stereocenters. The van der Waals surface area contributed by atoms with Gasteiger partial charge in [-0.3, -0.25) is 4.98 Å². The molecule has 0 aliphatic rings. The van der Waals surface area contributed by atoms with Crippen molar-refractivity contribution >= 4 is 10.0 Å². The van der Waals surface area contributed by atoms with Gasteiger partial charge in [-0.2, -0.15) is 5.26 Å². The highest BCUT2D eigenvalue weighted by molar-refractivity contribution is 7.90. The summed E-state index contributed by atoms with van der Waals surface area (Å²) in [4.78, 5) is 4.00. The van der Waals surface area contributed by atoms with Crippen molar-refractivity contribution in [3.8, 4) is 6.07 Å². The van der Waals surface area contributed by atoms with Crippen molar-refractivity contribution in [2.75, 3.05) is 13.1 Å². The number of nitrogens with one attached hydrogen (secondary N) is 2. The molecule has 19 heavy (non-hydrogen) atoms. The third kappa shape index (κ3) is 5.79. The number of hydrogen-bond acceptors (Lipinski definition) is 5. The SMILES string of the molecule is CC(C#N)S(=O)(=O)NCCCNCc1cccnc1. The van der Waals surface area contributed by atoms with Crippen LogP contribution in [0.2, 0.25) is 0 Å². The lowest BCUT2D eigenvalue weighted by Gasteiger charge is -2.08. The van der Waals surface area contributed by atoms with E-state index < -0.39 is 15.3 Å². The topological polar surface area (TPSA) is 94.9 Å². The van der Waals surface area contributed by atoms with Gasteiger partial charge in [0.15, 0.2) is 5.25 Å². The van der Waals surface area contributed by atoms with E-state index in [1.165, 1.54) is 6.92 Å². The first-order valence-corrected chi connectivity index (χ1v) is 7.58. The average Bonchev–Trinajstić information content (AvgIpc) is 2.42. The van der Waals surface area contributed by atoms with Gasteiger partial charge in [-0.1, -0.05) is 6.07 Å². The minimum absolute atomic E-state index is 0.328. The number of hydrogen-bond donors (Lipinski definition) is 2. The van der Waals surface area contributed by atoms with Crippen LogP contribution in [0.25, 0.3) is 0 Å². The summed E-state index contributed by atoms with van der Waals surface area (Å²) in [7, 11) is -3.50. The molecule has 6 nitrogen and oxygen atoms in total. The Labute approximate surface area is 113 Å². The fraction of sp³-hybridized carbons (Fsp3) is 0.500. The van der Waals surface area contributed by atoms with Crippen LogP contribution in [0.4, 0.5) is 0 Å². The van der Waals surface area contributed by atoms with E-state index in [1.807, 2.05) is 12.1 Å². The molecule has 0 saturated heterocycles. The Morgan fingerprint density at radius 2 is 2.26 bits per heavy atom. The third-order valence-electron chi connectivity index (χ3n) is 2.53. The number of nitrogens with zero attached hydrogens (tertiary/aromatic N) is 2. The summed E-state index contributed by atoms with van der Waals surface area (Å²) in [5.74, 6) is 0. The Morgan fingerprint density at radius 3 is 2.89 bits per heavy atom. The van der Waals surface area contributed by atoms with E-state index in [4.69, 9.17) is 5.26 Å². The van der Waals surface area contributed by atoms with Gasteiger partial charge in [-0.15, -0.1) is 0 Å². The van der Waals surface area contributed by atoms with Crippen LogP contribution in [0.3, 0.4) is 0 Å². The summed E-state index contributed by atoms with van der Waals surface area (Å²) < 4.78 is 25.3. The number of aromatic nitrogens is 1. The Hall–Kier alpha value is -1.49. The molecule has 0 aliphatic heterocycles. The van der Waals surface area contributed by atoms with Crippen LogP contribution >= 0.6 is 0 Å². The Kier molecular flexibility index (Phi) is 6.42. The molecule has 0 radical (unpaired) electrons. The second-order valence-corrected chi connectivity index (χ2v) is 6.19. The van der Waals surface area contributed by atoms with Crippen molar-refractivity contribution in [3.63, 3.8) is 0 Å². The fourth-order valence-corrected chi connectivity index (χ4v) is 2.18. The summed E-state index contributed by atoms with van der Waals surface area (Å²) in [6.45, 7) is 3.09. The lowest BCUT2D eigenvalue weighted by molar-refractivity contribution is 0.569. The van der Waals surface area contributed by atoms with Crippen LogP contribution in [-0.2, 0) is 16.6 Å². The van der Waals surface area contributed by atoms with Gasteiger partial charge in [0.2, 0.25) is 10.0 Å². The molecule has 1 aromatic rings. The highest BCUT2D eigenvalue weighted by Crippen LogP contribution is 1.96. The highest BCUT2D eigenvalue weighted by Gasteiger charge is 2.18. The average molecular weight is 282 g/mol. The zero-order chi connectivity index (χ0) is 14.1. The van der Waals surface area contributed by atoms with Gasteiger partial charge in [0.05, 0.1) is 6.07 Å². The minimum Gasteiger partial charge on any atom is -0.313 e. The van der Waals surface area contributed by atoms with Crippen LogP contribution in [0.5, 0.6) is 0 Å². The molecular weight excluding hydrogens is 264 g/mol. The van der Waals surface area contributed by atoms with Gasteiger partial charge in [-0.05, 0) is 31.5 Å². The number of pyridine rings is 1.